The third kappa shape index (κ3) is 2.98. The lowest BCUT2D eigenvalue weighted by molar-refractivity contribution is -0.204. The molecule has 0 spiro atoms. The minimum atomic E-state index is -0.619. The van der Waals surface area contributed by atoms with E-state index in [0.29, 0.717) is 24.8 Å². The smallest absolute Gasteiger partial charge is 0.226 e. The van der Waals surface area contributed by atoms with Crippen LogP contribution in [0, 0.1) is 22.7 Å². The first-order valence-corrected chi connectivity index (χ1v) is 10.3. The van der Waals surface area contributed by atoms with Crippen LogP contribution in [0.15, 0.2) is 12.5 Å². The second-order valence-corrected chi connectivity index (χ2v) is 9.98. The fraction of sp³-hybridized carbons (Fsp3) is 0.810. The van der Waals surface area contributed by atoms with E-state index in [-0.39, 0.29) is 16.7 Å². The summed E-state index contributed by atoms with van der Waals surface area (Å²) < 4.78 is 2.13. The molecule has 0 radical (unpaired) electrons. The molecule has 2 N–H and O–H groups in total. The van der Waals surface area contributed by atoms with E-state index in [1.807, 2.05) is 12.5 Å². The Balaban J connectivity index is 1.49. The molecule has 0 aliphatic heterocycles. The number of hydrogen-bond acceptors (Lipinski definition) is 3. The lowest BCUT2D eigenvalue weighted by atomic mass is 9.42. The van der Waals surface area contributed by atoms with Crippen molar-refractivity contribution in [3.05, 3.63) is 18.2 Å². The van der Waals surface area contributed by atoms with E-state index in [2.05, 4.69) is 35.6 Å². The Hall–Kier alpha value is -1.36. The Labute approximate surface area is 156 Å². The van der Waals surface area contributed by atoms with Gasteiger partial charge in [-0.3, -0.25) is 4.79 Å². The van der Waals surface area contributed by atoms with Gasteiger partial charge in [0.1, 0.15) is 0 Å². The first-order chi connectivity index (χ1) is 12.3. The summed E-state index contributed by atoms with van der Waals surface area (Å²) in [7, 11) is 0. The van der Waals surface area contributed by atoms with E-state index >= 15 is 0 Å². The highest BCUT2D eigenvalue weighted by Gasteiger charge is 2.64. The van der Waals surface area contributed by atoms with E-state index in [4.69, 9.17) is 0 Å². The molecule has 4 atom stereocenters. The molecule has 4 aliphatic carbocycles. The van der Waals surface area contributed by atoms with Crippen LogP contribution in [0.5, 0.6) is 0 Å². The van der Waals surface area contributed by atoms with Gasteiger partial charge in [0.2, 0.25) is 5.91 Å². The first-order valence-electron chi connectivity index (χ1n) is 10.3. The van der Waals surface area contributed by atoms with Crippen molar-refractivity contribution in [3.63, 3.8) is 0 Å². The normalized spacial score (nSPS) is 38.1. The zero-order chi connectivity index (χ0) is 18.6. The van der Waals surface area contributed by atoms with Gasteiger partial charge in [-0.15, -0.1) is 0 Å². The second kappa shape index (κ2) is 6.08. The summed E-state index contributed by atoms with van der Waals surface area (Å²) in [5.74, 6) is 1.20. The lowest BCUT2D eigenvalue weighted by Crippen LogP contribution is -2.63. The van der Waals surface area contributed by atoms with Gasteiger partial charge in [0.05, 0.1) is 29.6 Å². The first kappa shape index (κ1) is 18.0. The highest BCUT2D eigenvalue weighted by Crippen LogP contribution is 2.67. The van der Waals surface area contributed by atoms with Crippen molar-refractivity contribution in [1.82, 2.24) is 14.9 Å². The quantitative estimate of drug-likeness (QED) is 0.819. The van der Waals surface area contributed by atoms with Crippen molar-refractivity contribution >= 4 is 5.91 Å². The number of nitrogens with one attached hydrogen (secondary N) is 1. The van der Waals surface area contributed by atoms with Crippen LogP contribution in [0.3, 0.4) is 0 Å². The molecule has 1 aromatic rings. The van der Waals surface area contributed by atoms with Crippen molar-refractivity contribution in [3.8, 4) is 0 Å². The molecule has 4 saturated carbocycles. The maximum atomic E-state index is 13.3. The zero-order valence-corrected chi connectivity index (χ0v) is 16.4. The number of amides is 1. The fourth-order valence-corrected chi connectivity index (χ4v) is 6.64. The van der Waals surface area contributed by atoms with Crippen LogP contribution in [0.25, 0.3) is 0 Å². The molecule has 1 amide bonds. The second-order valence-electron chi connectivity index (χ2n) is 9.98. The molecular weight excluding hydrogens is 326 g/mol. The topological polar surface area (TPSA) is 67.2 Å². The third-order valence-electron chi connectivity index (χ3n) is 7.18. The summed E-state index contributed by atoms with van der Waals surface area (Å²) >= 11 is 0. The minimum Gasteiger partial charge on any atom is -0.390 e. The number of imidazole rings is 1. The number of carbonyl (C=O) groups is 1. The monoisotopic (exact) mass is 359 g/mol. The van der Waals surface area contributed by atoms with Crippen molar-refractivity contribution in [1.29, 1.82) is 0 Å². The summed E-state index contributed by atoms with van der Waals surface area (Å²) in [4.78, 5) is 17.5. The Morgan fingerprint density at radius 1 is 1.35 bits per heavy atom. The largest absolute Gasteiger partial charge is 0.390 e. The van der Waals surface area contributed by atoms with E-state index < -0.39 is 5.60 Å². The fourth-order valence-electron chi connectivity index (χ4n) is 6.64. The van der Waals surface area contributed by atoms with Crippen LogP contribution in [-0.2, 0) is 17.9 Å². The van der Waals surface area contributed by atoms with Crippen molar-refractivity contribution < 1.29 is 9.90 Å². The van der Waals surface area contributed by atoms with Crippen LogP contribution in [0.2, 0.25) is 0 Å². The number of rotatable bonds is 6. The van der Waals surface area contributed by atoms with E-state index in [1.165, 1.54) is 6.42 Å². The molecule has 5 rings (SSSR count). The average Bonchev–Trinajstić information content (AvgIpc) is 2.96. The van der Waals surface area contributed by atoms with Crippen LogP contribution >= 0.6 is 0 Å². The highest BCUT2D eigenvalue weighted by atomic mass is 16.3. The summed E-state index contributed by atoms with van der Waals surface area (Å²) in [6.45, 7) is 8.03. The molecule has 4 bridgehead atoms. The minimum absolute atomic E-state index is 0.148. The standard InChI is InChI=1S/C21H33N3O2/c1-4-19-5-16-6-20(11-19,13-21(26,7-16)12-19)18(25)23-9-17-8-22-14-24(17)10-15(2)3/h8,14-16,26H,4-7,9-13H2,1-3H3,(H,23,25)/t16-,19+,20+,21+/m0/s1. The van der Waals surface area contributed by atoms with Crippen LogP contribution < -0.4 is 5.32 Å². The lowest BCUT2D eigenvalue weighted by Gasteiger charge is -2.64. The molecule has 26 heavy (non-hydrogen) atoms. The Kier molecular flexibility index (Phi) is 4.22. The predicted molar refractivity (Wildman–Crippen MR) is 100 cm³/mol. The molecule has 1 aromatic heterocycles. The highest BCUT2D eigenvalue weighted by molar-refractivity contribution is 5.83. The molecule has 4 fully saturated rings. The zero-order valence-electron chi connectivity index (χ0n) is 16.4. The Morgan fingerprint density at radius 2 is 2.15 bits per heavy atom. The summed E-state index contributed by atoms with van der Waals surface area (Å²) in [5, 5.41) is 14.3. The molecule has 0 saturated heterocycles. The molecule has 1 heterocycles. The van der Waals surface area contributed by atoms with Crippen LogP contribution in [-0.4, -0.2) is 26.2 Å². The van der Waals surface area contributed by atoms with Gasteiger partial charge in [0, 0.05) is 12.7 Å². The maximum Gasteiger partial charge on any atom is 0.226 e. The SMILES string of the molecule is CC[C@]12C[C@@H]3C[C@@](O)(C1)C[C@@](C(=O)NCc1cncn1CC(C)C)(C3)C2. The number of aromatic nitrogens is 2. The number of hydrogen-bond donors (Lipinski definition) is 2. The van der Waals surface area contributed by atoms with E-state index in [0.717, 1.165) is 44.3 Å². The molecule has 5 heteroatoms. The number of aliphatic hydroxyl groups is 1. The van der Waals surface area contributed by atoms with E-state index in [9.17, 15) is 9.90 Å². The molecule has 0 unspecified atom stereocenters. The Bertz CT molecular complexity index is 699. The number of carbonyl (C=O) groups excluding carboxylic acids is 1. The summed E-state index contributed by atoms with van der Waals surface area (Å²) in [6, 6.07) is 0. The number of nitrogens with zero attached hydrogens (tertiary/aromatic N) is 2. The van der Waals surface area contributed by atoms with Crippen molar-refractivity contribution in [2.24, 2.45) is 22.7 Å². The maximum absolute atomic E-state index is 13.3. The summed E-state index contributed by atoms with van der Waals surface area (Å²) in [5.41, 5.74) is 0.241. The van der Waals surface area contributed by atoms with Gasteiger partial charge >= 0.3 is 0 Å². The molecule has 4 aliphatic rings. The van der Waals surface area contributed by atoms with Gasteiger partial charge < -0.3 is 15.0 Å². The average molecular weight is 360 g/mol. The molecule has 0 aromatic carbocycles. The van der Waals surface area contributed by atoms with Gasteiger partial charge in [-0.1, -0.05) is 27.2 Å². The Morgan fingerprint density at radius 3 is 2.85 bits per heavy atom. The van der Waals surface area contributed by atoms with Gasteiger partial charge in [-0.05, 0) is 55.8 Å². The van der Waals surface area contributed by atoms with E-state index in [1.54, 1.807) is 0 Å². The van der Waals surface area contributed by atoms with Crippen LogP contribution in [0.4, 0.5) is 0 Å². The van der Waals surface area contributed by atoms with Gasteiger partial charge in [-0.25, -0.2) is 4.98 Å². The van der Waals surface area contributed by atoms with Gasteiger partial charge in [0.25, 0.3) is 0 Å². The van der Waals surface area contributed by atoms with Gasteiger partial charge in [-0.2, -0.15) is 0 Å². The van der Waals surface area contributed by atoms with Gasteiger partial charge in [0.15, 0.2) is 0 Å². The molecular formula is C21H33N3O2. The molecule has 144 valence electrons. The molecule has 5 nitrogen and oxygen atoms in total. The third-order valence-corrected chi connectivity index (χ3v) is 7.18. The van der Waals surface area contributed by atoms with Crippen LogP contribution in [0.1, 0.15) is 71.4 Å². The van der Waals surface area contributed by atoms with Crippen molar-refractivity contribution in [2.45, 2.75) is 84.4 Å². The predicted octanol–water partition coefficient (Wildman–Crippen LogP) is 3.27. The van der Waals surface area contributed by atoms with Crippen molar-refractivity contribution in [2.75, 3.05) is 0 Å². The summed E-state index contributed by atoms with van der Waals surface area (Å²) in [6.07, 6.45) is 10.3.